The van der Waals surface area contributed by atoms with Crippen LogP contribution in [0.5, 0.6) is 17.2 Å². The molecule has 0 amide bonds. The van der Waals surface area contributed by atoms with Gasteiger partial charge >= 0.3 is 0 Å². The Morgan fingerprint density at radius 1 is 1.07 bits per heavy atom. The van der Waals surface area contributed by atoms with E-state index in [4.69, 9.17) is 14.2 Å². The van der Waals surface area contributed by atoms with Crippen LogP contribution in [0.25, 0.3) is 21.5 Å². The monoisotopic (exact) mass is 365 g/mol. The van der Waals surface area contributed by atoms with Crippen molar-refractivity contribution in [3.8, 4) is 17.2 Å². The maximum Gasteiger partial charge on any atom is 0.231 e. The normalized spacial score (nSPS) is 19.3. The fraction of sp³-hybridized carbons (Fsp3) is 0.364. The second kappa shape index (κ2) is 6.59. The van der Waals surface area contributed by atoms with Gasteiger partial charge in [0.1, 0.15) is 5.75 Å². The second-order valence-corrected chi connectivity index (χ2v) is 7.32. The molecule has 1 saturated heterocycles. The molecule has 2 aliphatic heterocycles. The zero-order chi connectivity index (χ0) is 18.4. The summed E-state index contributed by atoms with van der Waals surface area (Å²) >= 11 is 0. The molecule has 5 heteroatoms. The summed E-state index contributed by atoms with van der Waals surface area (Å²) in [6.45, 7) is 2.35. The van der Waals surface area contributed by atoms with Crippen molar-refractivity contribution in [2.24, 2.45) is 0 Å². The van der Waals surface area contributed by atoms with Gasteiger partial charge in [-0.25, -0.2) is 0 Å². The maximum atomic E-state index is 9.68. The first-order valence-corrected chi connectivity index (χ1v) is 9.44. The van der Waals surface area contributed by atoms with Gasteiger partial charge < -0.3 is 19.3 Å². The van der Waals surface area contributed by atoms with Crippen LogP contribution in [0.3, 0.4) is 0 Å². The highest BCUT2D eigenvalue weighted by molar-refractivity contribution is 6.10. The summed E-state index contributed by atoms with van der Waals surface area (Å²) in [7, 11) is 1.69. The van der Waals surface area contributed by atoms with Gasteiger partial charge in [0, 0.05) is 12.6 Å². The fourth-order valence-corrected chi connectivity index (χ4v) is 4.39. The molecule has 0 bridgehead atoms. The summed E-state index contributed by atoms with van der Waals surface area (Å²) in [6.07, 6.45) is 2.21. The Morgan fingerprint density at radius 2 is 1.93 bits per heavy atom. The summed E-state index contributed by atoms with van der Waals surface area (Å²) in [5, 5.41) is 14.3. The third-order valence-electron chi connectivity index (χ3n) is 5.82. The van der Waals surface area contributed by atoms with Gasteiger partial charge in [-0.3, -0.25) is 4.90 Å². The lowest BCUT2D eigenvalue weighted by Crippen LogP contribution is -2.31. The Hall–Kier alpha value is -2.50. The van der Waals surface area contributed by atoms with E-state index in [2.05, 4.69) is 35.2 Å². The Kier molecular flexibility index (Phi) is 4.06. The smallest absolute Gasteiger partial charge is 0.231 e. The third-order valence-corrected chi connectivity index (χ3v) is 5.82. The van der Waals surface area contributed by atoms with E-state index in [1.807, 2.05) is 6.07 Å². The first kappa shape index (κ1) is 16.7. The van der Waals surface area contributed by atoms with E-state index >= 15 is 0 Å². The van der Waals surface area contributed by atoms with E-state index < -0.39 is 0 Å². The molecule has 0 saturated carbocycles. The average Bonchev–Trinajstić information content (AvgIpc) is 3.34. The number of hydrogen-bond acceptors (Lipinski definition) is 5. The Bertz CT molecular complexity index is 1020. The quantitative estimate of drug-likeness (QED) is 0.715. The van der Waals surface area contributed by atoms with Gasteiger partial charge in [0.05, 0.1) is 13.7 Å². The molecule has 5 rings (SSSR count). The molecule has 0 spiro atoms. The number of rotatable bonds is 4. The number of fused-ring (bicyclic) bond motifs is 4. The number of nitrogens with zero attached hydrogens (tertiary/aromatic N) is 1. The van der Waals surface area contributed by atoms with Crippen LogP contribution in [0, 0.1) is 0 Å². The lowest BCUT2D eigenvalue weighted by Gasteiger charge is -2.24. The van der Waals surface area contributed by atoms with Gasteiger partial charge in [0.25, 0.3) is 0 Å². The predicted molar refractivity (Wildman–Crippen MR) is 105 cm³/mol. The van der Waals surface area contributed by atoms with Gasteiger partial charge in [0.15, 0.2) is 11.5 Å². The Balaban J connectivity index is 1.70. The van der Waals surface area contributed by atoms with Crippen molar-refractivity contribution in [3.05, 3.63) is 42.0 Å². The molecular weight excluding hydrogens is 342 g/mol. The number of aliphatic hydroxyl groups excluding tert-OH is 1. The number of benzene rings is 3. The molecule has 0 aliphatic carbocycles. The van der Waals surface area contributed by atoms with Crippen molar-refractivity contribution < 1.29 is 19.3 Å². The van der Waals surface area contributed by atoms with Crippen LogP contribution in [0.15, 0.2) is 36.4 Å². The van der Waals surface area contributed by atoms with E-state index in [9.17, 15) is 5.11 Å². The molecular formula is C22H23NO4. The minimum Gasteiger partial charge on any atom is -0.497 e. The van der Waals surface area contributed by atoms with Crippen LogP contribution in [-0.2, 0) is 6.54 Å². The molecule has 0 aromatic heterocycles. The van der Waals surface area contributed by atoms with Crippen LogP contribution in [-0.4, -0.2) is 43.1 Å². The number of aliphatic hydroxyl groups is 1. The molecule has 5 nitrogen and oxygen atoms in total. The van der Waals surface area contributed by atoms with Crippen LogP contribution in [0.4, 0.5) is 0 Å². The molecule has 0 unspecified atom stereocenters. The predicted octanol–water partition coefficient (Wildman–Crippen LogP) is 3.69. The number of hydrogen-bond donors (Lipinski definition) is 1. The van der Waals surface area contributed by atoms with E-state index in [1.165, 1.54) is 10.9 Å². The Morgan fingerprint density at radius 3 is 2.74 bits per heavy atom. The van der Waals surface area contributed by atoms with Crippen molar-refractivity contribution in [1.82, 2.24) is 4.90 Å². The number of methoxy groups -OCH3 is 1. The highest BCUT2D eigenvalue weighted by Crippen LogP contribution is 2.41. The van der Waals surface area contributed by atoms with Gasteiger partial charge in [0.2, 0.25) is 6.79 Å². The van der Waals surface area contributed by atoms with Crippen LogP contribution < -0.4 is 14.2 Å². The van der Waals surface area contributed by atoms with Crippen molar-refractivity contribution >= 4 is 21.5 Å². The van der Waals surface area contributed by atoms with Gasteiger partial charge in [-0.15, -0.1) is 0 Å². The lowest BCUT2D eigenvalue weighted by atomic mass is 9.96. The SMILES string of the molecule is COc1ccc2c(CN3CCC[C@@H]3CO)cc3cc4c(cc3c2c1)OCO4. The molecule has 27 heavy (non-hydrogen) atoms. The number of ether oxygens (including phenoxy) is 3. The average molecular weight is 365 g/mol. The van der Waals surface area contributed by atoms with Crippen LogP contribution >= 0.6 is 0 Å². The molecule has 140 valence electrons. The van der Waals surface area contributed by atoms with Gasteiger partial charge in [-0.2, -0.15) is 0 Å². The van der Waals surface area contributed by atoms with E-state index in [0.29, 0.717) is 0 Å². The summed E-state index contributed by atoms with van der Waals surface area (Å²) < 4.78 is 16.6. The molecule has 3 aromatic carbocycles. The van der Waals surface area contributed by atoms with Crippen molar-refractivity contribution in [2.45, 2.75) is 25.4 Å². The molecule has 2 heterocycles. The summed E-state index contributed by atoms with van der Waals surface area (Å²) in [5.74, 6) is 2.43. The minimum atomic E-state index is 0.220. The highest BCUT2D eigenvalue weighted by atomic mass is 16.7. The molecule has 1 N–H and O–H groups in total. The standard InChI is InChI=1S/C22H23NO4/c1-25-17-4-5-18-15(11-23-6-2-3-16(23)12-24)7-14-8-21-22(27-13-26-21)10-19(14)20(18)9-17/h4-5,7-10,16,24H,2-3,6,11-13H2,1H3/t16-/m1/s1. The van der Waals surface area contributed by atoms with Gasteiger partial charge in [-0.1, -0.05) is 6.07 Å². The second-order valence-electron chi connectivity index (χ2n) is 7.32. The molecule has 0 radical (unpaired) electrons. The molecule has 2 aliphatic rings. The zero-order valence-electron chi connectivity index (χ0n) is 15.4. The highest BCUT2D eigenvalue weighted by Gasteiger charge is 2.25. The van der Waals surface area contributed by atoms with Gasteiger partial charge in [-0.05, 0) is 76.8 Å². The fourth-order valence-electron chi connectivity index (χ4n) is 4.39. The summed E-state index contributed by atoms with van der Waals surface area (Å²) in [5.41, 5.74) is 1.26. The molecule has 1 atom stereocenters. The van der Waals surface area contributed by atoms with Crippen LogP contribution in [0.2, 0.25) is 0 Å². The largest absolute Gasteiger partial charge is 0.497 e. The van der Waals surface area contributed by atoms with E-state index in [0.717, 1.165) is 59.3 Å². The topological polar surface area (TPSA) is 51.2 Å². The first-order valence-electron chi connectivity index (χ1n) is 9.44. The van der Waals surface area contributed by atoms with E-state index in [1.54, 1.807) is 7.11 Å². The van der Waals surface area contributed by atoms with Crippen molar-refractivity contribution in [2.75, 3.05) is 27.1 Å². The zero-order valence-corrected chi connectivity index (χ0v) is 15.4. The number of likely N-dealkylation sites (tertiary alicyclic amines) is 1. The lowest BCUT2D eigenvalue weighted by molar-refractivity contribution is 0.154. The van der Waals surface area contributed by atoms with E-state index in [-0.39, 0.29) is 19.4 Å². The van der Waals surface area contributed by atoms with Crippen molar-refractivity contribution in [3.63, 3.8) is 0 Å². The molecule has 1 fully saturated rings. The third kappa shape index (κ3) is 2.78. The maximum absolute atomic E-state index is 9.68. The summed E-state index contributed by atoms with van der Waals surface area (Å²) in [6, 6.07) is 12.9. The minimum absolute atomic E-state index is 0.220. The Labute approximate surface area is 158 Å². The first-order chi connectivity index (χ1) is 13.3. The summed E-state index contributed by atoms with van der Waals surface area (Å²) in [4.78, 5) is 2.39. The van der Waals surface area contributed by atoms with Crippen LogP contribution in [0.1, 0.15) is 18.4 Å². The van der Waals surface area contributed by atoms with Crippen molar-refractivity contribution in [1.29, 1.82) is 0 Å². The molecule has 3 aromatic rings.